The SMILES string of the molecule is CC(=O)N=C1[N]N=C(C)S1. The number of rotatable bonds is 0. The van der Waals surface area contributed by atoms with E-state index in [1.54, 1.807) is 0 Å². The molecule has 0 aromatic rings. The number of hydrogen-bond donors (Lipinski definition) is 0. The Balaban J connectivity index is 2.57. The zero-order chi connectivity index (χ0) is 7.56. The van der Waals surface area contributed by atoms with Gasteiger partial charge in [-0.3, -0.25) is 4.79 Å². The van der Waals surface area contributed by atoms with Crippen LogP contribution in [0.5, 0.6) is 0 Å². The second-order valence-electron chi connectivity index (χ2n) is 1.73. The monoisotopic (exact) mass is 156 g/mol. The van der Waals surface area contributed by atoms with E-state index in [0.29, 0.717) is 5.17 Å². The minimum atomic E-state index is -0.240. The average Bonchev–Trinajstić information content (AvgIpc) is 2.13. The Morgan fingerprint density at radius 2 is 2.40 bits per heavy atom. The smallest absolute Gasteiger partial charge is 0.245 e. The van der Waals surface area contributed by atoms with Crippen molar-refractivity contribution in [1.82, 2.24) is 5.43 Å². The molecule has 0 atom stereocenters. The van der Waals surface area contributed by atoms with E-state index in [-0.39, 0.29) is 5.91 Å². The van der Waals surface area contributed by atoms with E-state index in [0.717, 1.165) is 5.04 Å². The molecular weight excluding hydrogens is 150 g/mol. The van der Waals surface area contributed by atoms with Gasteiger partial charge in [0.05, 0.1) is 0 Å². The topological polar surface area (TPSA) is 55.9 Å². The van der Waals surface area contributed by atoms with Crippen LogP contribution < -0.4 is 5.43 Å². The molecule has 5 heteroatoms. The third-order valence-electron chi connectivity index (χ3n) is 0.768. The van der Waals surface area contributed by atoms with Crippen LogP contribution in [0.25, 0.3) is 0 Å². The summed E-state index contributed by atoms with van der Waals surface area (Å²) in [4.78, 5) is 14.0. The van der Waals surface area contributed by atoms with Gasteiger partial charge in [0.15, 0.2) is 0 Å². The molecular formula is C5H6N3OS. The van der Waals surface area contributed by atoms with Crippen molar-refractivity contribution < 1.29 is 4.79 Å². The number of amidine groups is 1. The summed E-state index contributed by atoms with van der Waals surface area (Å²) >= 11 is 1.31. The standard InChI is InChI=1S/C5H6N3OS/c1-3(9)6-5-8-7-4(2)10-5/h1-2H3. The van der Waals surface area contributed by atoms with Gasteiger partial charge in [0, 0.05) is 6.92 Å². The molecule has 0 unspecified atom stereocenters. The van der Waals surface area contributed by atoms with E-state index in [1.807, 2.05) is 6.92 Å². The Kier molecular flexibility index (Phi) is 2.06. The first-order chi connectivity index (χ1) is 4.68. The molecule has 53 valence electrons. The van der Waals surface area contributed by atoms with Crippen LogP contribution in [-0.2, 0) is 4.79 Å². The minimum absolute atomic E-state index is 0.240. The van der Waals surface area contributed by atoms with Crippen molar-refractivity contribution >= 4 is 27.9 Å². The lowest BCUT2D eigenvalue weighted by Crippen LogP contribution is -2.01. The first-order valence-corrected chi connectivity index (χ1v) is 3.52. The number of thioether (sulfide) groups is 1. The van der Waals surface area contributed by atoms with Gasteiger partial charge in [0.25, 0.3) is 0 Å². The quantitative estimate of drug-likeness (QED) is 0.515. The van der Waals surface area contributed by atoms with Crippen molar-refractivity contribution in [3.63, 3.8) is 0 Å². The van der Waals surface area contributed by atoms with Gasteiger partial charge >= 0.3 is 0 Å². The van der Waals surface area contributed by atoms with E-state index in [4.69, 9.17) is 0 Å². The maximum absolute atomic E-state index is 10.4. The van der Waals surface area contributed by atoms with Crippen LogP contribution in [0.15, 0.2) is 10.1 Å². The van der Waals surface area contributed by atoms with Crippen LogP contribution in [0.2, 0.25) is 0 Å². The third-order valence-corrected chi connectivity index (χ3v) is 1.50. The van der Waals surface area contributed by atoms with Crippen LogP contribution >= 0.6 is 11.8 Å². The van der Waals surface area contributed by atoms with Crippen molar-refractivity contribution in [2.24, 2.45) is 10.1 Å². The lowest BCUT2D eigenvalue weighted by atomic mass is 10.8. The van der Waals surface area contributed by atoms with E-state index >= 15 is 0 Å². The molecule has 1 amide bonds. The first kappa shape index (κ1) is 7.27. The van der Waals surface area contributed by atoms with Gasteiger partial charge in [-0.05, 0) is 18.7 Å². The van der Waals surface area contributed by atoms with Crippen LogP contribution in [0.4, 0.5) is 0 Å². The molecule has 0 aromatic carbocycles. The summed E-state index contributed by atoms with van der Waals surface area (Å²) in [7, 11) is 0. The fourth-order valence-electron chi connectivity index (χ4n) is 0.466. The highest BCUT2D eigenvalue weighted by Crippen LogP contribution is 2.12. The average molecular weight is 156 g/mol. The van der Waals surface area contributed by atoms with Gasteiger partial charge in [0.2, 0.25) is 11.1 Å². The Morgan fingerprint density at radius 3 is 2.80 bits per heavy atom. The van der Waals surface area contributed by atoms with Crippen molar-refractivity contribution in [3.8, 4) is 0 Å². The number of carbonyl (C=O) groups is 1. The van der Waals surface area contributed by atoms with E-state index < -0.39 is 0 Å². The molecule has 0 bridgehead atoms. The summed E-state index contributed by atoms with van der Waals surface area (Å²) in [5.74, 6) is -0.240. The van der Waals surface area contributed by atoms with Crippen molar-refractivity contribution in [2.75, 3.05) is 0 Å². The van der Waals surface area contributed by atoms with Crippen LogP contribution in [0.3, 0.4) is 0 Å². The molecule has 1 aliphatic heterocycles. The first-order valence-electron chi connectivity index (χ1n) is 2.71. The summed E-state index contributed by atoms with van der Waals surface area (Å²) in [6.07, 6.45) is 0. The largest absolute Gasteiger partial charge is 0.273 e. The van der Waals surface area contributed by atoms with E-state index in [9.17, 15) is 4.79 Å². The summed E-state index contributed by atoms with van der Waals surface area (Å²) in [5, 5.41) is 4.95. The molecule has 0 saturated carbocycles. The maximum atomic E-state index is 10.4. The number of amides is 1. The van der Waals surface area contributed by atoms with Crippen LogP contribution in [0.1, 0.15) is 13.8 Å². The van der Waals surface area contributed by atoms with Crippen molar-refractivity contribution in [3.05, 3.63) is 0 Å². The summed E-state index contributed by atoms with van der Waals surface area (Å²) < 4.78 is 0. The van der Waals surface area contributed by atoms with Crippen LogP contribution in [-0.4, -0.2) is 16.1 Å². The number of carbonyl (C=O) groups excluding carboxylic acids is 1. The predicted molar refractivity (Wildman–Crippen MR) is 41.0 cm³/mol. The zero-order valence-corrected chi connectivity index (χ0v) is 6.47. The molecule has 1 rings (SSSR count). The van der Waals surface area contributed by atoms with Gasteiger partial charge in [0.1, 0.15) is 5.04 Å². The Morgan fingerprint density at radius 1 is 1.70 bits per heavy atom. The minimum Gasteiger partial charge on any atom is -0.273 e. The zero-order valence-electron chi connectivity index (χ0n) is 5.66. The van der Waals surface area contributed by atoms with Gasteiger partial charge < -0.3 is 0 Å². The summed E-state index contributed by atoms with van der Waals surface area (Å²) in [5.41, 5.74) is 3.64. The maximum Gasteiger partial charge on any atom is 0.245 e. The lowest BCUT2D eigenvalue weighted by Gasteiger charge is -1.86. The molecule has 4 nitrogen and oxygen atoms in total. The van der Waals surface area contributed by atoms with E-state index in [1.165, 1.54) is 18.7 Å². The number of aliphatic imine (C=N–C) groups is 1. The molecule has 0 fully saturated rings. The molecule has 1 heterocycles. The van der Waals surface area contributed by atoms with Crippen molar-refractivity contribution in [1.29, 1.82) is 0 Å². The van der Waals surface area contributed by atoms with Gasteiger partial charge in [-0.15, -0.1) is 10.5 Å². The summed E-state index contributed by atoms with van der Waals surface area (Å²) in [6, 6.07) is 0. The fraction of sp³-hybridized carbons (Fsp3) is 0.400. The Hall–Kier alpha value is -0.840. The molecule has 1 radical (unpaired) electrons. The van der Waals surface area contributed by atoms with E-state index in [2.05, 4.69) is 15.5 Å². The molecule has 0 aliphatic carbocycles. The molecule has 10 heavy (non-hydrogen) atoms. The van der Waals surface area contributed by atoms with Crippen LogP contribution in [0, 0.1) is 0 Å². The molecule has 0 saturated heterocycles. The summed E-state index contributed by atoms with van der Waals surface area (Å²) in [6.45, 7) is 3.20. The number of nitrogens with zero attached hydrogens (tertiary/aromatic N) is 3. The van der Waals surface area contributed by atoms with Gasteiger partial charge in [-0.2, -0.15) is 4.99 Å². The highest BCUT2D eigenvalue weighted by molar-refractivity contribution is 8.26. The highest BCUT2D eigenvalue weighted by Gasteiger charge is 2.11. The molecule has 0 N–H and O–H groups in total. The van der Waals surface area contributed by atoms with Gasteiger partial charge in [-0.25, -0.2) is 0 Å². The molecule has 0 aromatic heterocycles. The normalized spacial score (nSPS) is 20.6. The second kappa shape index (κ2) is 2.83. The third kappa shape index (κ3) is 1.84. The highest BCUT2D eigenvalue weighted by atomic mass is 32.2. The van der Waals surface area contributed by atoms with Gasteiger partial charge in [-0.1, -0.05) is 0 Å². The van der Waals surface area contributed by atoms with Crippen molar-refractivity contribution in [2.45, 2.75) is 13.8 Å². The Labute approximate surface area is 62.8 Å². The second-order valence-corrected chi connectivity index (χ2v) is 2.89. The molecule has 0 spiro atoms. The fourth-order valence-corrected chi connectivity index (χ4v) is 1.07. The molecule has 1 aliphatic rings. The lowest BCUT2D eigenvalue weighted by molar-refractivity contribution is -0.115. The Bertz CT molecular complexity index is 221. The number of hydrogen-bond acceptors (Lipinski definition) is 3. The predicted octanol–water partition coefficient (Wildman–Crippen LogP) is 0.574.